The van der Waals surface area contributed by atoms with E-state index < -0.39 is 0 Å². The van der Waals surface area contributed by atoms with Crippen molar-refractivity contribution in [2.45, 2.75) is 13.3 Å². The van der Waals surface area contributed by atoms with E-state index in [1.165, 1.54) is 10.9 Å². The lowest BCUT2D eigenvalue weighted by Crippen LogP contribution is -1.85. The van der Waals surface area contributed by atoms with Gasteiger partial charge in [-0.3, -0.25) is 0 Å². The fraction of sp³-hybridized carbons (Fsp3) is 0.200. The molecule has 0 atom stereocenters. The normalized spacial score (nSPS) is 10.9. The molecule has 13 heavy (non-hydrogen) atoms. The SMILES string of the molecule is CCc1c[nH]c2c(Br)cc(N)cc12. The number of nitrogens with one attached hydrogen (secondary N) is 1. The molecule has 0 aliphatic carbocycles. The van der Waals surface area contributed by atoms with E-state index >= 15 is 0 Å². The summed E-state index contributed by atoms with van der Waals surface area (Å²) in [7, 11) is 0. The summed E-state index contributed by atoms with van der Waals surface area (Å²) >= 11 is 3.48. The minimum absolute atomic E-state index is 0.800. The third-order valence-electron chi connectivity index (χ3n) is 2.23. The van der Waals surface area contributed by atoms with Crippen LogP contribution < -0.4 is 5.73 Å². The van der Waals surface area contributed by atoms with Crippen LogP contribution >= 0.6 is 15.9 Å². The van der Waals surface area contributed by atoms with E-state index in [0.717, 1.165) is 22.1 Å². The predicted octanol–water partition coefficient (Wildman–Crippen LogP) is 3.08. The van der Waals surface area contributed by atoms with Gasteiger partial charge in [0.2, 0.25) is 0 Å². The number of nitrogens with two attached hydrogens (primary N) is 1. The first-order valence-corrected chi connectivity index (χ1v) is 5.06. The van der Waals surface area contributed by atoms with Crippen LogP contribution in [-0.2, 0) is 6.42 Å². The molecule has 1 heterocycles. The summed E-state index contributed by atoms with van der Waals surface area (Å²) in [4.78, 5) is 3.23. The van der Waals surface area contributed by atoms with Crippen molar-refractivity contribution in [2.75, 3.05) is 5.73 Å². The van der Waals surface area contributed by atoms with E-state index in [1.807, 2.05) is 18.3 Å². The summed E-state index contributed by atoms with van der Waals surface area (Å²) in [5.74, 6) is 0. The highest BCUT2D eigenvalue weighted by Crippen LogP contribution is 2.28. The quantitative estimate of drug-likeness (QED) is 0.737. The lowest BCUT2D eigenvalue weighted by molar-refractivity contribution is 1.15. The summed E-state index contributed by atoms with van der Waals surface area (Å²) in [6.07, 6.45) is 3.06. The number of hydrogen-bond acceptors (Lipinski definition) is 1. The zero-order valence-corrected chi connectivity index (χ0v) is 8.98. The van der Waals surface area contributed by atoms with Gasteiger partial charge in [0.25, 0.3) is 0 Å². The third-order valence-corrected chi connectivity index (χ3v) is 2.86. The molecule has 0 unspecified atom stereocenters. The van der Waals surface area contributed by atoms with Crippen molar-refractivity contribution in [2.24, 2.45) is 0 Å². The van der Waals surface area contributed by atoms with Crippen molar-refractivity contribution in [1.29, 1.82) is 0 Å². The topological polar surface area (TPSA) is 41.8 Å². The van der Waals surface area contributed by atoms with Crippen LogP contribution in [-0.4, -0.2) is 4.98 Å². The van der Waals surface area contributed by atoms with Gasteiger partial charge in [-0.05, 0) is 40.0 Å². The van der Waals surface area contributed by atoms with Crippen molar-refractivity contribution < 1.29 is 0 Å². The Labute approximate surface area is 85.3 Å². The van der Waals surface area contributed by atoms with Gasteiger partial charge in [0.15, 0.2) is 0 Å². The van der Waals surface area contributed by atoms with Crippen LogP contribution in [0, 0.1) is 0 Å². The molecule has 0 amide bonds. The number of fused-ring (bicyclic) bond motifs is 1. The molecule has 0 spiro atoms. The van der Waals surface area contributed by atoms with Crippen molar-refractivity contribution in [3.05, 3.63) is 28.4 Å². The molecule has 0 aliphatic rings. The number of rotatable bonds is 1. The van der Waals surface area contributed by atoms with Crippen molar-refractivity contribution in [3.8, 4) is 0 Å². The maximum Gasteiger partial charge on any atom is 0.0602 e. The van der Waals surface area contributed by atoms with Gasteiger partial charge in [-0.15, -0.1) is 0 Å². The monoisotopic (exact) mass is 238 g/mol. The third kappa shape index (κ3) is 1.33. The number of aryl methyl sites for hydroxylation is 1. The first-order valence-electron chi connectivity index (χ1n) is 4.27. The van der Waals surface area contributed by atoms with Crippen LogP contribution in [0.1, 0.15) is 12.5 Å². The van der Waals surface area contributed by atoms with Crippen LogP contribution in [0.3, 0.4) is 0 Å². The number of anilines is 1. The second-order valence-electron chi connectivity index (χ2n) is 3.09. The Morgan fingerprint density at radius 1 is 1.46 bits per heavy atom. The molecule has 0 fully saturated rings. The molecule has 2 aromatic rings. The second kappa shape index (κ2) is 3.07. The predicted molar refractivity (Wildman–Crippen MR) is 59.8 cm³/mol. The van der Waals surface area contributed by atoms with Crippen LogP contribution in [0.25, 0.3) is 10.9 Å². The summed E-state index contributed by atoms with van der Waals surface area (Å²) in [6.45, 7) is 2.14. The summed E-state index contributed by atoms with van der Waals surface area (Å²) in [5, 5.41) is 1.22. The number of benzene rings is 1. The van der Waals surface area contributed by atoms with Gasteiger partial charge in [0.05, 0.1) is 5.52 Å². The largest absolute Gasteiger partial charge is 0.399 e. The Hall–Kier alpha value is -0.960. The maximum absolute atomic E-state index is 5.76. The van der Waals surface area contributed by atoms with Crippen molar-refractivity contribution >= 4 is 32.5 Å². The molecule has 0 saturated heterocycles. The molecule has 2 nitrogen and oxygen atoms in total. The summed E-state index contributed by atoms with van der Waals surface area (Å²) in [5.41, 5.74) is 9.00. The van der Waals surface area contributed by atoms with Gasteiger partial charge in [0.1, 0.15) is 0 Å². The number of aromatic nitrogens is 1. The molecule has 3 N–H and O–H groups in total. The Bertz CT molecular complexity index is 445. The van der Waals surface area contributed by atoms with Crippen molar-refractivity contribution in [1.82, 2.24) is 4.98 Å². The first-order chi connectivity index (χ1) is 6.22. The molecular weight excluding hydrogens is 228 g/mol. The maximum atomic E-state index is 5.76. The molecule has 0 radical (unpaired) electrons. The molecule has 68 valence electrons. The highest BCUT2D eigenvalue weighted by atomic mass is 79.9. The highest BCUT2D eigenvalue weighted by Gasteiger charge is 2.05. The van der Waals surface area contributed by atoms with E-state index in [1.54, 1.807) is 0 Å². The van der Waals surface area contributed by atoms with Gasteiger partial charge >= 0.3 is 0 Å². The van der Waals surface area contributed by atoms with E-state index in [4.69, 9.17) is 5.73 Å². The highest BCUT2D eigenvalue weighted by molar-refractivity contribution is 9.10. The van der Waals surface area contributed by atoms with E-state index in [9.17, 15) is 0 Å². The summed E-state index contributed by atoms with van der Waals surface area (Å²) < 4.78 is 1.03. The van der Waals surface area contributed by atoms with Crippen LogP contribution in [0.5, 0.6) is 0 Å². The lowest BCUT2D eigenvalue weighted by atomic mass is 10.1. The Morgan fingerprint density at radius 2 is 2.23 bits per heavy atom. The molecule has 0 aliphatic heterocycles. The second-order valence-corrected chi connectivity index (χ2v) is 3.95. The van der Waals surface area contributed by atoms with Gasteiger partial charge in [-0.1, -0.05) is 6.92 Å². The van der Waals surface area contributed by atoms with Gasteiger partial charge < -0.3 is 10.7 Å². The zero-order valence-electron chi connectivity index (χ0n) is 7.39. The molecule has 0 bridgehead atoms. The van der Waals surface area contributed by atoms with E-state index in [2.05, 4.69) is 27.8 Å². The van der Waals surface area contributed by atoms with Gasteiger partial charge in [-0.25, -0.2) is 0 Å². The zero-order chi connectivity index (χ0) is 9.42. The standard InChI is InChI=1S/C10H11BrN2/c1-2-6-5-13-10-8(6)3-7(12)4-9(10)11/h3-5,13H,2,12H2,1H3. The smallest absolute Gasteiger partial charge is 0.0602 e. The van der Waals surface area contributed by atoms with Crippen LogP contribution in [0.4, 0.5) is 5.69 Å². The van der Waals surface area contributed by atoms with Crippen LogP contribution in [0.2, 0.25) is 0 Å². The Balaban J connectivity index is 2.82. The number of aromatic amines is 1. The Kier molecular flexibility index (Phi) is 2.04. The molecule has 2 rings (SSSR count). The fourth-order valence-electron chi connectivity index (χ4n) is 1.56. The molecule has 3 heteroatoms. The van der Waals surface area contributed by atoms with Gasteiger partial charge in [-0.2, -0.15) is 0 Å². The minimum Gasteiger partial charge on any atom is -0.399 e. The number of halogens is 1. The van der Waals surface area contributed by atoms with Crippen LogP contribution in [0.15, 0.2) is 22.8 Å². The van der Waals surface area contributed by atoms with E-state index in [0.29, 0.717) is 0 Å². The first kappa shape index (κ1) is 8.63. The summed E-state index contributed by atoms with van der Waals surface area (Å²) in [6, 6.07) is 3.92. The Morgan fingerprint density at radius 3 is 2.92 bits per heavy atom. The number of nitrogen functional groups attached to an aromatic ring is 1. The van der Waals surface area contributed by atoms with E-state index in [-0.39, 0.29) is 0 Å². The average molecular weight is 239 g/mol. The molecule has 1 aromatic carbocycles. The molecular formula is C10H11BrN2. The fourth-order valence-corrected chi connectivity index (χ4v) is 2.15. The number of hydrogen-bond donors (Lipinski definition) is 2. The minimum atomic E-state index is 0.800. The number of H-pyrrole nitrogens is 1. The van der Waals surface area contributed by atoms with Crippen molar-refractivity contribution in [3.63, 3.8) is 0 Å². The van der Waals surface area contributed by atoms with Gasteiger partial charge in [0, 0.05) is 21.7 Å². The molecule has 1 aromatic heterocycles. The lowest BCUT2D eigenvalue weighted by Gasteiger charge is -1.99. The average Bonchev–Trinajstić information content (AvgIpc) is 2.47. The molecule has 0 saturated carbocycles.